The molecule has 0 fully saturated rings. The van der Waals surface area contributed by atoms with Gasteiger partial charge in [0.15, 0.2) is 5.82 Å². The number of aliphatic hydroxyl groups is 1. The smallest absolute Gasteiger partial charge is 0.239 e. The van der Waals surface area contributed by atoms with Crippen LogP contribution in [0.1, 0.15) is 12.6 Å². The van der Waals surface area contributed by atoms with Crippen LogP contribution in [0.4, 0.5) is 5.82 Å². The second-order valence-corrected chi connectivity index (χ2v) is 6.87. The van der Waals surface area contributed by atoms with Gasteiger partial charge in [0.25, 0.3) is 0 Å². The zero-order chi connectivity index (χ0) is 21.5. The van der Waals surface area contributed by atoms with E-state index in [0.29, 0.717) is 36.2 Å². The third-order valence-corrected chi connectivity index (χ3v) is 4.70. The van der Waals surface area contributed by atoms with E-state index in [2.05, 4.69) is 15.0 Å². The lowest BCUT2D eigenvalue weighted by molar-refractivity contribution is -0.127. The van der Waals surface area contributed by atoms with Gasteiger partial charge in [-0.25, -0.2) is 0 Å². The van der Waals surface area contributed by atoms with Crippen molar-refractivity contribution in [3.8, 4) is 22.8 Å². The number of aliphatic hydroxyl groups excluding tert-OH is 1. The Morgan fingerprint density at radius 2 is 1.87 bits per heavy atom. The highest BCUT2D eigenvalue weighted by atomic mass is 16.5. The maximum absolute atomic E-state index is 11.4. The maximum Gasteiger partial charge on any atom is 0.239 e. The third-order valence-electron chi connectivity index (χ3n) is 4.70. The molecular formula is C22H25N5O3. The van der Waals surface area contributed by atoms with Gasteiger partial charge >= 0.3 is 0 Å². The second kappa shape index (κ2) is 9.80. The van der Waals surface area contributed by atoms with Crippen LogP contribution in [0.5, 0.6) is 11.6 Å². The molecule has 0 radical (unpaired) electrons. The summed E-state index contributed by atoms with van der Waals surface area (Å²) < 4.78 is 6.03. The first-order chi connectivity index (χ1) is 14.5. The van der Waals surface area contributed by atoms with Gasteiger partial charge < -0.3 is 19.6 Å². The van der Waals surface area contributed by atoms with Gasteiger partial charge in [-0.3, -0.25) is 14.8 Å². The van der Waals surface area contributed by atoms with Crippen LogP contribution < -0.4 is 9.64 Å². The van der Waals surface area contributed by atoms with Gasteiger partial charge in [0.05, 0.1) is 24.7 Å². The number of benzene rings is 1. The van der Waals surface area contributed by atoms with Gasteiger partial charge in [0.2, 0.25) is 11.8 Å². The summed E-state index contributed by atoms with van der Waals surface area (Å²) in [6, 6.07) is 11.3. The highest BCUT2D eigenvalue weighted by Crippen LogP contribution is 2.32. The first-order valence-corrected chi connectivity index (χ1v) is 9.56. The standard InChI is InChI=1S/C22H25N5O3/c1-16(29)26(2)10-11-27(3)21-13-23-14-22(25-21)30-20-7-5-4-6-19(20)17-8-9-18(15-28)24-12-17/h4-9,12-14,28H,10-11,15H2,1-3H3. The van der Waals surface area contributed by atoms with Gasteiger partial charge in [-0.2, -0.15) is 4.98 Å². The van der Waals surface area contributed by atoms with E-state index in [4.69, 9.17) is 4.74 Å². The summed E-state index contributed by atoms with van der Waals surface area (Å²) in [5.74, 6) is 1.66. The van der Waals surface area contributed by atoms with Crippen molar-refractivity contribution in [2.75, 3.05) is 32.1 Å². The summed E-state index contributed by atoms with van der Waals surface area (Å²) in [5.41, 5.74) is 2.34. The molecule has 0 saturated heterocycles. The molecule has 0 spiro atoms. The van der Waals surface area contributed by atoms with Gasteiger partial charge in [-0.05, 0) is 12.1 Å². The van der Waals surface area contributed by atoms with E-state index in [1.54, 1.807) is 43.5 Å². The molecular weight excluding hydrogens is 382 g/mol. The average Bonchev–Trinajstić information content (AvgIpc) is 2.77. The van der Waals surface area contributed by atoms with E-state index in [1.165, 1.54) is 0 Å². The van der Waals surface area contributed by atoms with Crippen LogP contribution >= 0.6 is 0 Å². The van der Waals surface area contributed by atoms with Gasteiger partial charge in [-0.15, -0.1) is 0 Å². The molecule has 3 rings (SSSR count). The maximum atomic E-state index is 11.4. The molecule has 0 atom stereocenters. The predicted octanol–water partition coefficient (Wildman–Crippen LogP) is 2.74. The Kier molecular flexibility index (Phi) is 6.92. The van der Waals surface area contributed by atoms with Crippen molar-refractivity contribution >= 4 is 11.7 Å². The average molecular weight is 407 g/mol. The number of hydrogen-bond donors (Lipinski definition) is 1. The lowest BCUT2D eigenvalue weighted by Gasteiger charge is -2.22. The zero-order valence-corrected chi connectivity index (χ0v) is 17.3. The molecule has 1 aromatic carbocycles. The molecule has 0 saturated carbocycles. The van der Waals surface area contributed by atoms with Gasteiger partial charge in [0, 0.05) is 51.4 Å². The van der Waals surface area contributed by atoms with Crippen LogP contribution in [0.3, 0.4) is 0 Å². The number of aromatic nitrogens is 3. The molecule has 8 nitrogen and oxygen atoms in total. The van der Waals surface area contributed by atoms with E-state index in [9.17, 15) is 9.90 Å². The van der Waals surface area contributed by atoms with Crippen LogP contribution in [-0.2, 0) is 11.4 Å². The van der Waals surface area contributed by atoms with Crippen LogP contribution in [0.15, 0.2) is 55.0 Å². The minimum Gasteiger partial charge on any atom is -0.437 e. The molecule has 8 heteroatoms. The third kappa shape index (κ3) is 5.30. The molecule has 2 aromatic heterocycles. The van der Waals surface area contributed by atoms with Crippen molar-refractivity contribution in [1.29, 1.82) is 0 Å². The number of anilines is 1. The lowest BCUT2D eigenvalue weighted by Crippen LogP contribution is -2.33. The molecule has 0 bridgehead atoms. The van der Waals surface area contributed by atoms with E-state index in [-0.39, 0.29) is 12.5 Å². The van der Waals surface area contributed by atoms with Crippen molar-refractivity contribution in [3.05, 3.63) is 60.7 Å². The van der Waals surface area contributed by atoms with Crippen molar-refractivity contribution in [2.45, 2.75) is 13.5 Å². The molecule has 2 heterocycles. The molecule has 1 N–H and O–H groups in total. The molecule has 1 amide bonds. The summed E-state index contributed by atoms with van der Waals surface area (Å²) in [4.78, 5) is 28.0. The Morgan fingerprint density at radius 1 is 1.07 bits per heavy atom. The Labute approximate surface area is 175 Å². The SMILES string of the molecule is CC(=O)N(C)CCN(C)c1cncc(Oc2ccccc2-c2ccc(CO)nc2)n1. The zero-order valence-electron chi connectivity index (χ0n) is 17.3. The van der Waals surface area contributed by atoms with Crippen molar-refractivity contribution in [2.24, 2.45) is 0 Å². The first-order valence-electron chi connectivity index (χ1n) is 9.56. The first kappa shape index (κ1) is 21.2. The molecule has 0 aliphatic rings. The largest absolute Gasteiger partial charge is 0.437 e. The Morgan fingerprint density at radius 3 is 2.57 bits per heavy atom. The lowest BCUT2D eigenvalue weighted by atomic mass is 10.1. The Bertz CT molecular complexity index is 994. The molecule has 0 aliphatic carbocycles. The minimum atomic E-state index is -0.101. The number of nitrogens with zero attached hydrogens (tertiary/aromatic N) is 5. The topological polar surface area (TPSA) is 91.7 Å². The minimum absolute atomic E-state index is 0.0182. The fourth-order valence-electron chi connectivity index (χ4n) is 2.73. The normalized spacial score (nSPS) is 10.5. The van der Waals surface area contributed by atoms with Crippen LogP contribution in [0.25, 0.3) is 11.1 Å². The number of para-hydroxylation sites is 1. The molecule has 3 aromatic rings. The summed E-state index contributed by atoms with van der Waals surface area (Å²) in [7, 11) is 3.66. The van der Waals surface area contributed by atoms with Crippen LogP contribution in [0.2, 0.25) is 0 Å². The summed E-state index contributed by atoms with van der Waals surface area (Å²) in [6.45, 7) is 2.64. The fraction of sp³-hybridized carbons (Fsp3) is 0.273. The van der Waals surface area contributed by atoms with Crippen molar-refractivity contribution < 1.29 is 14.6 Å². The number of carbonyl (C=O) groups is 1. The Hall–Kier alpha value is -3.52. The van der Waals surface area contributed by atoms with E-state index in [1.807, 2.05) is 42.3 Å². The fourth-order valence-corrected chi connectivity index (χ4v) is 2.73. The molecule has 0 unspecified atom stereocenters. The molecule has 0 aliphatic heterocycles. The number of carbonyl (C=O) groups excluding carboxylic acids is 1. The van der Waals surface area contributed by atoms with E-state index < -0.39 is 0 Å². The number of rotatable bonds is 8. The predicted molar refractivity (Wildman–Crippen MR) is 114 cm³/mol. The number of amides is 1. The van der Waals surface area contributed by atoms with Crippen molar-refractivity contribution in [3.63, 3.8) is 0 Å². The van der Waals surface area contributed by atoms with Crippen molar-refractivity contribution in [1.82, 2.24) is 19.9 Å². The number of pyridine rings is 1. The number of ether oxygens (including phenoxy) is 1. The summed E-state index contributed by atoms with van der Waals surface area (Å²) in [5, 5.41) is 9.19. The quantitative estimate of drug-likeness (QED) is 0.614. The van der Waals surface area contributed by atoms with E-state index >= 15 is 0 Å². The molecule has 156 valence electrons. The van der Waals surface area contributed by atoms with Crippen LogP contribution in [0, 0.1) is 0 Å². The monoisotopic (exact) mass is 407 g/mol. The second-order valence-electron chi connectivity index (χ2n) is 6.87. The highest BCUT2D eigenvalue weighted by molar-refractivity contribution is 5.73. The van der Waals surface area contributed by atoms with Crippen LogP contribution in [-0.4, -0.2) is 58.1 Å². The van der Waals surface area contributed by atoms with Gasteiger partial charge in [0.1, 0.15) is 5.75 Å². The number of hydrogen-bond acceptors (Lipinski definition) is 7. The molecule has 30 heavy (non-hydrogen) atoms. The summed E-state index contributed by atoms with van der Waals surface area (Å²) >= 11 is 0. The summed E-state index contributed by atoms with van der Waals surface area (Å²) in [6.07, 6.45) is 4.92. The highest BCUT2D eigenvalue weighted by Gasteiger charge is 2.11. The number of likely N-dealkylation sites (N-methyl/N-ethyl adjacent to an activating group) is 2. The Balaban J connectivity index is 1.77. The van der Waals surface area contributed by atoms with E-state index in [0.717, 1.165) is 11.1 Å². The van der Waals surface area contributed by atoms with Gasteiger partial charge in [-0.1, -0.05) is 24.3 Å².